The first-order valence-corrected chi connectivity index (χ1v) is 7.60. The Hall–Kier alpha value is -1.45. The molecular weight excluding hydrogens is 246 g/mol. The maximum Gasteiger partial charge on any atom is 0.0705 e. The smallest absolute Gasteiger partial charge is 0.0705 e. The predicted octanol–water partition coefficient (Wildman–Crippen LogP) is 3.71. The third-order valence-corrected chi connectivity index (χ3v) is 5.07. The van der Waals surface area contributed by atoms with Crippen molar-refractivity contribution in [3.05, 3.63) is 42.1 Å². The van der Waals surface area contributed by atoms with Crippen molar-refractivity contribution in [2.45, 2.75) is 45.1 Å². The van der Waals surface area contributed by atoms with Gasteiger partial charge in [-0.2, -0.15) is 0 Å². The molecule has 1 saturated carbocycles. The van der Waals surface area contributed by atoms with E-state index in [1.807, 2.05) is 12.3 Å². The number of benzene rings is 1. The molecule has 1 aliphatic carbocycles. The van der Waals surface area contributed by atoms with Crippen molar-refractivity contribution in [3.8, 4) is 0 Å². The van der Waals surface area contributed by atoms with Crippen LogP contribution in [0.3, 0.4) is 0 Å². The van der Waals surface area contributed by atoms with E-state index < -0.39 is 0 Å². The average molecular weight is 269 g/mol. The van der Waals surface area contributed by atoms with E-state index in [1.54, 1.807) is 0 Å². The minimum absolute atomic E-state index is 0.211. The molecule has 3 nitrogen and oxygen atoms in total. The number of fused-ring (bicyclic) bond motifs is 1. The highest BCUT2D eigenvalue weighted by Crippen LogP contribution is 2.50. The maximum absolute atomic E-state index is 5.97. The van der Waals surface area contributed by atoms with Crippen LogP contribution in [-0.4, -0.2) is 4.98 Å². The highest BCUT2D eigenvalue weighted by molar-refractivity contribution is 5.82. The molecule has 0 saturated heterocycles. The van der Waals surface area contributed by atoms with E-state index in [0.29, 0.717) is 5.41 Å². The predicted molar refractivity (Wildman–Crippen MR) is 83.0 cm³/mol. The summed E-state index contributed by atoms with van der Waals surface area (Å²) in [6, 6.07) is 10.7. The largest absolute Gasteiger partial charge is 0.271 e. The zero-order chi connectivity index (χ0) is 14.0. The summed E-state index contributed by atoms with van der Waals surface area (Å²) in [5, 5.41) is 1.22. The normalized spacial score (nSPS) is 19.3. The first-order chi connectivity index (χ1) is 9.80. The van der Waals surface area contributed by atoms with E-state index in [4.69, 9.17) is 5.84 Å². The number of aromatic nitrogens is 1. The Kier molecular flexibility index (Phi) is 3.72. The summed E-state index contributed by atoms with van der Waals surface area (Å²) in [5.74, 6) is 5.97. The number of nitrogens with one attached hydrogen (secondary N) is 1. The second-order valence-corrected chi connectivity index (χ2v) is 5.94. The number of rotatable bonds is 4. The molecule has 1 heterocycles. The van der Waals surface area contributed by atoms with E-state index in [-0.39, 0.29) is 6.04 Å². The van der Waals surface area contributed by atoms with Crippen molar-refractivity contribution in [2.75, 3.05) is 0 Å². The number of hydrazine groups is 1. The van der Waals surface area contributed by atoms with Crippen LogP contribution < -0.4 is 11.3 Å². The Bertz CT molecular complexity index is 582. The summed E-state index contributed by atoms with van der Waals surface area (Å²) >= 11 is 0. The monoisotopic (exact) mass is 269 g/mol. The third-order valence-electron chi connectivity index (χ3n) is 5.07. The molecule has 1 unspecified atom stereocenters. The van der Waals surface area contributed by atoms with Gasteiger partial charge >= 0.3 is 0 Å². The van der Waals surface area contributed by atoms with E-state index in [0.717, 1.165) is 5.52 Å². The summed E-state index contributed by atoms with van der Waals surface area (Å²) in [4.78, 5) is 4.47. The molecule has 0 spiro atoms. The standard InChI is InChI=1S/C17H23N3/c1-2-17(10-3-4-11-17)16(20-18)14-7-5-9-15-13(14)8-6-12-19-15/h5-9,12,16,20H,2-4,10-11,18H2,1H3. The summed E-state index contributed by atoms with van der Waals surface area (Å²) < 4.78 is 0. The third kappa shape index (κ3) is 2.11. The lowest BCUT2D eigenvalue weighted by Crippen LogP contribution is -2.40. The van der Waals surface area contributed by atoms with Crippen molar-refractivity contribution < 1.29 is 0 Å². The quantitative estimate of drug-likeness (QED) is 0.657. The zero-order valence-corrected chi connectivity index (χ0v) is 12.1. The van der Waals surface area contributed by atoms with Gasteiger partial charge in [0, 0.05) is 11.6 Å². The number of hydrogen-bond acceptors (Lipinski definition) is 3. The van der Waals surface area contributed by atoms with Gasteiger partial charge in [0.15, 0.2) is 0 Å². The minimum Gasteiger partial charge on any atom is -0.271 e. The first-order valence-electron chi connectivity index (χ1n) is 7.60. The van der Waals surface area contributed by atoms with Gasteiger partial charge in [-0.1, -0.05) is 38.0 Å². The summed E-state index contributed by atoms with van der Waals surface area (Å²) in [5.41, 5.74) is 5.75. The topological polar surface area (TPSA) is 50.9 Å². The summed E-state index contributed by atoms with van der Waals surface area (Å²) in [7, 11) is 0. The molecule has 0 radical (unpaired) electrons. The Labute approximate surface area is 120 Å². The second-order valence-electron chi connectivity index (χ2n) is 5.94. The van der Waals surface area contributed by atoms with Gasteiger partial charge in [0.25, 0.3) is 0 Å². The zero-order valence-electron chi connectivity index (χ0n) is 12.1. The van der Waals surface area contributed by atoms with Gasteiger partial charge in [-0.25, -0.2) is 0 Å². The minimum atomic E-state index is 0.211. The molecule has 3 N–H and O–H groups in total. The molecule has 1 aromatic carbocycles. The highest BCUT2D eigenvalue weighted by atomic mass is 15.2. The van der Waals surface area contributed by atoms with Gasteiger partial charge in [-0.15, -0.1) is 0 Å². The van der Waals surface area contributed by atoms with E-state index >= 15 is 0 Å². The van der Waals surface area contributed by atoms with E-state index in [1.165, 1.54) is 43.1 Å². The van der Waals surface area contributed by atoms with Crippen molar-refractivity contribution in [1.82, 2.24) is 10.4 Å². The molecule has 0 aliphatic heterocycles. The van der Waals surface area contributed by atoms with Gasteiger partial charge in [-0.3, -0.25) is 16.3 Å². The fourth-order valence-corrected chi connectivity index (χ4v) is 3.90. The number of pyridine rings is 1. The Morgan fingerprint density at radius 1 is 1.25 bits per heavy atom. The van der Waals surface area contributed by atoms with Gasteiger partial charge in [0.1, 0.15) is 0 Å². The van der Waals surface area contributed by atoms with Crippen LogP contribution >= 0.6 is 0 Å². The van der Waals surface area contributed by atoms with Gasteiger partial charge in [0.2, 0.25) is 0 Å². The molecule has 2 aromatic rings. The molecule has 106 valence electrons. The highest BCUT2D eigenvalue weighted by Gasteiger charge is 2.40. The number of nitrogens with two attached hydrogens (primary N) is 1. The number of nitrogens with zero attached hydrogens (tertiary/aromatic N) is 1. The molecule has 0 amide bonds. The van der Waals surface area contributed by atoms with Crippen molar-refractivity contribution in [1.29, 1.82) is 0 Å². The lowest BCUT2D eigenvalue weighted by atomic mass is 9.73. The maximum atomic E-state index is 5.97. The van der Waals surface area contributed by atoms with Crippen LogP contribution in [0.25, 0.3) is 10.9 Å². The van der Waals surface area contributed by atoms with Crippen molar-refractivity contribution in [3.63, 3.8) is 0 Å². The number of hydrogen-bond donors (Lipinski definition) is 2. The first kappa shape index (κ1) is 13.5. The molecular formula is C17H23N3. The van der Waals surface area contributed by atoms with Crippen LogP contribution in [0.2, 0.25) is 0 Å². The molecule has 3 heteroatoms. The second kappa shape index (κ2) is 5.51. The SMILES string of the molecule is CCC1(C(NN)c2cccc3ncccc23)CCCC1. The lowest BCUT2D eigenvalue weighted by molar-refractivity contribution is 0.189. The van der Waals surface area contributed by atoms with E-state index in [9.17, 15) is 0 Å². The molecule has 1 aliphatic rings. The fraction of sp³-hybridized carbons (Fsp3) is 0.471. The average Bonchev–Trinajstić information content (AvgIpc) is 2.98. The van der Waals surface area contributed by atoms with Crippen LogP contribution in [0.15, 0.2) is 36.5 Å². The van der Waals surface area contributed by atoms with Gasteiger partial charge < -0.3 is 0 Å². The lowest BCUT2D eigenvalue weighted by Gasteiger charge is -2.37. The van der Waals surface area contributed by atoms with Crippen LogP contribution in [0, 0.1) is 5.41 Å². The molecule has 1 aromatic heterocycles. The van der Waals surface area contributed by atoms with Crippen LogP contribution in [0.5, 0.6) is 0 Å². The van der Waals surface area contributed by atoms with Crippen molar-refractivity contribution >= 4 is 10.9 Å². The summed E-state index contributed by atoms with van der Waals surface area (Å²) in [6.07, 6.45) is 8.16. The Balaban J connectivity index is 2.12. The van der Waals surface area contributed by atoms with E-state index in [2.05, 4.69) is 41.6 Å². The van der Waals surface area contributed by atoms with Crippen LogP contribution in [-0.2, 0) is 0 Å². The Morgan fingerprint density at radius 2 is 2.05 bits per heavy atom. The summed E-state index contributed by atoms with van der Waals surface area (Å²) in [6.45, 7) is 2.29. The molecule has 1 atom stereocenters. The Morgan fingerprint density at radius 3 is 2.75 bits per heavy atom. The molecule has 0 bridgehead atoms. The van der Waals surface area contributed by atoms with Gasteiger partial charge in [-0.05, 0) is 42.4 Å². The molecule has 3 rings (SSSR count). The van der Waals surface area contributed by atoms with Crippen molar-refractivity contribution in [2.24, 2.45) is 11.3 Å². The van der Waals surface area contributed by atoms with Crippen LogP contribution in [0.4, 0.5) is 0 Å². The molecule has 1 fully saturated rings. The fourth-order valence-electron chi connectivity index (χ4n) is 3.90. The van der Waals surface area contributed by atoms with Crippen LogP contribution in [0.1, 0.15) is 50.6 Å². The van der Waals surface area contributed by atoms with Gasteiger partial charge in [0.05, 0.1) is 11.6 Å². The molecule has 20 heavy (non-hydrogen) atoms.